The molecule has 1 saturated heterocycles. The van der Waals surface area contributed by atoms with Crippen molar-refractivity contribution < 1.29 is 9.13 Å². The maximum Gasteiger partial charge on any atom is 0.147 e. The average Bonchev–Trinajstić information content (AvgIpc) is 2.30. The van der Waals surface area contributed by atoms with Crippen LogP contribution in [0.2, 0.25) is 0 Å². The Morgan fingerprint density at radius 1 is 1.38 bits per heavy atom. The summed E-state index contributed by atoms with van der Waals surface area (Å²) in [5, 5.41) is 3.17. The summed E-state index contributed by atoms with van der Waals surface area (Å²) < 4.78 is 19.6. The first-order valence-corrected chi connectivity index (χ1v) is 6.32. The van der Waals surface area contributed by atoms with Gasteiger partial charge in [-0.25, -0.2) is 4.39 Å². The number of rotatable bonds is 3. The quantitative estimate of drug-likeness (QED) is 0.920. The summed E-state index contributed by atoms with van der Waals surface area (Å²) in [7, 11) is 0. The Labute approximate surface area is 103 Å². The molecule has 2 nitrogen and oxygen atoms in total. The van der Waals surface area contributed by atoms with Gasteiger partial charge in [-0.1, -0.05) is 6.07 Å². The number of benzene rings is 1. The summed E-state index contributed by atoms with van der Waals surface area (Å²) in [6.07, 6.45) is 2.11. The van der Waals surface area contributed by atoms with Gasteiger partial charge < -0.3 is 10.1 Å². The van der Waals surface area contributed by atoms with Crippen LogP contribution < -0.4 is 5.32 Å². The van der Waals surface area contributed by atoms with E-state index in [0.29, 0.717) is 11.6 Å². The Bertz CT molecular complexity index is 333. The number of hydrogen-bond acceptors (Lipinski definition) is 2. The number of nitrogens with one attached hydrogen (secondary N) is 1. The van der Waals surface area contributed by atoms with Crippen molar-refractivity contribution in [3.05, 3.63) is 28.5 Å². The van der Waals surface area contributed by atoms with Crippen LogP contribution in [0.1, 0.15) is 12.8 Å². The van der Waals surface area contributed by atoms with Gasteiger partial charge in [-0.2, -0.15) is 0 Å². The molecule has 0 aromatic heterocycles. The Kier molecular flexibility index (Phi) is 4.18. The molecule has 1 heterocycles. The molecule has 1 aliphatic heterocycles. The normalized spacial score (nSPS) is 17.4. The molecule has 0 atom stereocenters. The molecule has 0 saturated carbocycles. The summed E-state index contributed by atoms with van der Waals surface area (Å²) >= 11 is 3.34. The maximum absolute atomic E-state index is 13.5. The highest BCUT2D eigenvalue weighted by atomic mass is 79.9. The molecule has 1 N–H and O–H groups in total. The maximum atomic E-state index is 13.5. The molecule has 0 amide bonds. The lowest BCUT2D eigenvalue weighted by molar-refractivity contribution is 0.0699. The van der Waals surface area contributed by atoms with Crippen LogP contribution in [0.4, 0.5) is 10.1 Å². The summed E-state index contributed by atoms with van der Waals surface area (Å²) in [6.45, 7) is 2.46. The Morgan fingerprint density at radius 3 is 2.81 bits per heavy atom. The third-order valence-corrected chi connectivity index (χ3v) is 3.53. The Balaban J connectivity index is 1.93. The van der Waals surface area contributed by atoms with E-state index in [1.54, 1.807) is 6.07 Å². The molecule has 1 aromatic rings. The zero-order valence-electron chi connectivity index (χ0n) is 9.01. The number of para-hydroxylation sites is 1. The second kappa shape index (κ2) is 5.64. The van der Waals surface area contributed by atoms with Crippen molar-refractivity contribution in [3.63, 3.8) is 0 Å². The molecule has 2 rings (SSSR count). The minimum absolute atomic E-state index is 0.207. The Hall–Kier alpha value is -0.610. The smallest absolute Gasteiger partial charge is 0.147 e. The van der Waals surface area contributed by atoms with E-state index in [-0.39, 0.29) is 5.82 Å². The molecule has 1 aromatic carbocycles. The topological polar surface area (TPSA) is 21.3 Å². The van der Waals surface area contributed by atoms with Crippen LogP contribution >= 0.6 is 15.9 Å². The highest BCUT2D eigenvalue weighted by Gasteiger charge is 2.14. The second-order valence-corrected chi connectivity index (χ2v) is 4.89. The van der Waals surface area contributed by atoms with E-state index in [1.807, 2.05) is 6.07 Å². The van der Waals surface area contributed by atoms with Crippen molar-refractivity contribution in [2.45, 2.75) is 12.8 Å². The Morgan fingerprint density at radius 2 is 2.12 bits per heavy atom. The summed E-state index contributed by atoms with van der Waals surface area (Å²) in [5.41, 5.74) is 0.564. The van der Waals surface area contributed by atoms with Crippen LogP contribution in [-0.4, -0.2) is 19.8 Å². The van der Waals surface area contributed by atoms with Gasteiger partial charge in [0.15, 0.2) is 0 Å². The SMILES string of the molecule is Fc1cccc(Br)c1NCC1CCOCC1. The van der Waals surface area contributed by atoms with E-state index in [0.717, 1.165) is 37.1 Å². The third kappa shape index (κ3) is 2.95. The molecule has 0 radical (unpaired) electrons. The van der Waals surface area contributed by atoms with Gasteiger partial charge in [0.05, 0.1) is 5.69 Å². The van der Waals surface area contributed by atoms with Gasteiger partial charge in [0.1, 0.15) is 5.82 Å². The van der Waals surface area contributed by atoms with E-state index in [1.165, 1.54) is 6.07 Å². The molecular weight excluding hydrogens is 273 g/mol. The van der Waals surface area contributed by atoms with Crippen molar-refractivity contribution in [2.75, 3.05) is 25.1 Å². The molecule has 0 spiro atoms. The molecule has 16 heavy (non-hydrogen) atoms. The van der Waals surface area contributed by atoms with E-state index in [2.05, 4.69) is 21.2 Å². The highest BCUT2D eigenvalue weighted by Crippen LogP contribution is 2.26. The summed E-state index contributed by atoms with van der Waals surface area (Å²) in [5.74, 6) is 0.377. The van der Waals surface area contributed by atoms with Crippen molar-refractivity contribution in [3.8, 4) is 0 Å². The lowest BCUT2D eigenvalue weighted by Gasteiger charge is -2.23. The third-order valence-electron chi connectivity index (χ3n) is 2.87. The molecule has 0 bridgehead atoms. The predicted molar refractivity (Wildman–Crippen MR) is 66.1 cm³/mol. The molecular formula is C12H15BrFNO. The lowest BCUT2D eigenvalue weighted by Crippen LogP contribution is -2.23. The van der Waals surface area contributed by atoms with Crippen molar-refractivity contribution in [2.24, 2.45) is 5.92 Å². The summed E-state index contributed by atoms with van der Waals surface area (Å²) in [4.78, 5) is 0. The van der Waals surface area contributed by atoms with Crippen molar-refractivity contribution >= 4 is 21.6 Å². The van der Waals surface area contributed by atoms with Crippen molar-refractivity contribution in [1.82, 2.24) is 0 Å². The van der Waals surface area contributed by atoms with E-state index in [9.17, 15) is 4.39 Å². The number of anilines is 1. The summed E-state index contributed by atoms with van der Waals surface area (Å²) in [6, 6.07) is 5.01. The largest absolute Gasteiger partial charge is 0.381 e. The van der Waals surface area contributed by atoms with Gasteiger partial charge in [0.25, 0.3) is 0 Å². The van der Waals surface area contributed by atoms with Gasteiger partial charge in [-0.3, -0.25) is 0 Å². The van der Waals surface area contributed by atoms with Crippen LogP contribution in [0.15, 0.2) is 22.7 Å². The molecule has 4 heteroatoms. The first kappa shape index (κ1) is 11.9. The first-order chi connectivity index (χ1) is 7.77. The average molecular weight is 288 g/mol. The fraction of sp³-hybridized carbons (Fsp3) is 0.500. The molecule has 1 aliphatic rings. The molecule has 0 unspecified atom stereocenters. The standard InChI is InChI=1S/C12H15BrFNO/c13-10-2-1-3-11(14)12(10)15-8-9-4-6-16-7-5-9/h1-3,9,15H,4-8H2. The highest BCUT2D eigenvalue weighted by molar-refractivity contribution is 9.10. The van der Waals surface area contributed by atoms with E-state index in [4.69, 9.17) is 4.74 Å². The molecule has 0 aliphatic carbocycles. The van der Waals surface area contributed by atoms with Gasteiger partial charge in [-0.05, 0) is 46.8 Å². The van der Waals surface area contributed by atoms with E-state index < -0.39 is 0 Å². The minimum atomic E-state index is -0.207. The van der Waals surface area contributed by atoms with Gasteiger partial charge in [0.2, 0.25) is 0 Å². The predicted octanol–water partition coefficient (Wildman–Crippen LogP) is 3.43. The monoisotopic (exact) mass is 287 g/mol. The van der Waals surface area contributed by atoms with E-state index >= 15 is 0 Å². The second-order valence-electron chi connectivity index (χ2n) is 4.03. The van der Waals surface area contributed by atoms with Crippen LogP contribution in [-0.2, 0) is 4.74 Å². The fourth-order valence-electron chi connectivity index (χ4n) is 1.86. The van der Waals surface area contributed by atoms with Crippen molar-refractivity contribution in [1.29, 1.82) is 0 Å². The first-order valence-electron chi connectivity index (χ1n) is 5.53. The van der Waals surface area contributed by atoms with Crippen LogP contribution in [0.3, 0.4) is 0 Å². The number of hydrogen-bond donors (Lipinski definition) is 1. The molecule has 88 valence electrons. The minimum Gasteiger partial charge on any atom is -0.381 e. The zero-order chi connectivity index (χ0) is 11.4. The van der Waals surface area contributed by atoms with Crippen LogP contribution in [0.25, 0.3) is 0 Å². The lowest BCUT2D eigenvalue weighted by atomic mass is 10.0. The molecule has 1 fully saturated rings. The van der Waals surface area contributed by atoms with Gasteiger partial charge in [0, 0.05) is 24.2 Å². The van der Waals surface area contributed by atoms with Gasteiger partial charge >= 0.3 is 0 Å². The number of halogens is 2. The fourth-order valence-corrected chi connectivity index (χ4v) is 2.35. The van der Waals surface area contributed by atoms with Crippen LogP contribution in [0.5, 0.6) is 0 Å². The number of ether oxygens (including phenoxy) is 1. The van der Waals surface area contributed by atoms with Crippen LogP contribution in [0, 0.1) is 11.7 Å². The van der Waals surface area contributed by atoms with Gasteiger partial charge in [-0.15, -0.1) is 0 Å². The zero-order valence-corrected chi connectivity index (χ0v) is 10.6.